The predicted molar refractivity (Wildman–Crippen MR) is 71.2 cm³/mol. The van der Waals surface area contributed by atoms with E-state index in [-0.39, 0.29) is 6.54 Å². The van der Waals surface area contributed by atoms with Crippen LogP contribution < -0.4 is 5.73 Å². The number of aliphatic carboxylic acids is 1. The molecule has 0 aromatic carbocycles. The molecule has 1 heterocycles. The molecule has 0 fully saturated rings. The molecule has 0 aliphatic rings. The molecule has 0 radical (unpaired) electrons. The first-order valence-electron chi connectivity index (χ1n) is 5.96. The molecule has 0 bridgehead atoms. The van der Waals surface area contributed by atoms with E-state index in [0.717, 1.165) is 6.42 Å². The maximum Gasteiger partial charge on any atom is 0.310 e. The molecule has 17 heavy (non-hydrogen) atoms. The maximum atomic E-state index is 11.5. The molecule has 3 nitrogen and oxygen atoms in total. The lowest BCUT2D eigenvalue weighted by Crippen LogP contribution is -2.40. The van der Waals surface area contributed by atoms with Crippen LogP contribution in [0.2, 0.25) is 0 Å². The number of aryl methyl sites for hydroxylation is 1. The van der Waals surface area contributed by atoms with Gasteiger partial charge in [0.05, 0.1) is 5.41 Å². The topological polar surface area (TPSA) is 63.3 Å². The summed E-state index contributed by atoms with van der Waals surface area (Å²) in [6, 6.07) is 4.04. The van der Waals surface area contributed by atoms with Gasteiger partial charge in [-0.1, -0.05) is 19.9 Å². The first-order valence-corrected chi connectivity index (χ1v) is 6.84. The summed E-state index contributed by atoms with van der Waals surface area (Å²) in [4.78, 5) is 12.7. The van der Waals surface area contributed by atoms with Gasteiger partial charge in [0.2, 0.25) is 0 Å². The minimum atomic E-state index is -0.766. The molecular formula is C13H21NO2S. The third-order valence-corrected chi connectivity index (χ3v) is 4.01. The first-order chi connectivity index (χ1) is 8.00. The standard InChI is InChI=1S/C13H21NO2S/c1-10(2)8-13(9-14,12(15)16)6-5-11-4-3-7-17-11/h3-4,7,10H,5-6,8-9,14H2,1-2H3,(H,15,16). The van der Waals surface area contributed by atoms with Crippen LogP contribution in [0.15, 0.2) is 17.5 Å². The SMILES string of the molecule is CC(C)CC(CN)(CCc1cccs1)C(=O)O. The van der Waals surface area contributed by atoms with Crippen LogP contribution in [0.3, 0.4) is 0 Å². The lowest BCUT2D eigenvalue weighted by atomic mass is 9.76. The van der Waals surface area contributed by atoms with Crippen LogP contribution in [0.1, 0.15) is 31.6 Å². The van der Waals surface area contributed by atoms with Gasteiger partial charge >= 0.3 is 5.97 Å². The molecular weight excluding hydrogens is 234 g/mol. The summed E-state index contributed by atoms with van der Waals surface area (Å²) >= 11 is 1.67. The minimum absolute atomic E-state index is 0.214. The number of hydrogen-bond donors (Lipinski definition) is 2. The maximum absolute atomic E-state index is 11.5. The fourth-order valence-corrected chi connectivity index (χ4v) is 2.88. The van der Waals surface area contributed by atoms with Gasteiger partial charge in [-0.2, -0.15) is 0 Å². The lowest BCUT2D eigenvalue weighted by Gasteiger charge is -2.29. The number of thiophene rings is 1. The third kappa shape index (κ3) is 3.82. The van der Waals surface area contributed by atoms with Crippen LogP contribution in [0.5, 0.6) is 0 Å². The smallest absolute Gasteiger partial charge is 0.310 e. The number of carboxylic acids is 1. The molecule has 1 atom stereocenters. The van der Waals surface area contributed by atoms with Crippen LogP contribution in [-0.4, -0.2) is 17.6 Å². The molecule has 0 saturated heterocycles. The highest BCUT2D eigenvalue weighted by atomic mass is 32.1. The summed E-state index contributed by atoms with van der Waals surface area (Å²) in [5.74, 6) is -0.414. The van der Waals surface area contributed by atoms with Crippen molar-refractivity contribution in [3.05, 3.63) is 22.4 Å². The van der Waals surface area contributed by atoms with Crippen LogP contribution >= 0.6 is 11.3 Å². The van der Waals surface area contributed by atoms with Gasteiger partial charge in [0.25, 0.3) is 0 Å². The number of carboxylic acid groups (broad SMARTS) is 1. The van der Waals surface area contributed by atoms with Crippen molar-refractivity contribution < 1.29 is 9.90 Å². The Balaban J connectivity index is 2.72. The molecule has 3 N–H and O–H groups in total. The Morgan fingerprint density at radius 1 is 1.59 bits per heavy atom. The summed E-state index contributed by atoms with van der Waals surface area (Å²) < 4.78 is 0. The van der Waals surface area contributed by atoms with Crippen molar-refractivity contribution in [1.29, 1.82) is 0 Å². The Bertz CT molecular complexity index is 348. The van der Waals surface area contributed by atoms with E-state index in [0.29, 0.717) is 18.8 Å². The molecule has 0 saturated carbocycles. The van der Waals surface area contributed by atoms with Gasteiger partial charge in [-0.3, -0.25) is 4.79 Å². The normalized spacial score (nSPS) is 14.8. The second-order valence-electron chi connectivity index (χ2n) is 4.97. The molecule has 0 aliphatic heterocycles. The molecule has 0 spiro atoms. The summed E-state index contributed by atoms with van der Waals surface area (Å²) in [6.07, 6.45) is 2.07. The van der Waals surface area contributed by atoms with Crippen molar-refractivity contribution in [3.8, 4) is 0 Å². The molecule has 1 unspecified atom stereocenters. The molecule has 0 amide bonds. The predicted octanol–water partition coefficient (Wildman–Crippen LogP) is 2.76. The molecule has 4 heteroatoms. The van der Waals surface area contributed by atoms with Gasteiger partial charge < -0.3 is 10.8 Å². The monoisotopic (exact) mass is 255 g/mol. The quantitative estimate of drug-likeness (QED) is 0.787. The average molecular weight is 255 g/mol. The molecule has 0 aliphatic carbocycles. The second-order valence-corrected chi connectivity index (χ2v) is 6.00. The van der Waals surface area contributed by atoms with Crippen molar-refractivity contribution >= 4 is 17.3 Å². The zero-order valence-electron chi connectivity index (χ0n) is 10.5. The number of nitrogens with two attached hydrogens (primary N) is 1. The van der Waals surface area contributed by atoms with E-state index in [1.165, 1.54) is 4.88 Å². The number of hydrogen-bond acceptors (Lipinski definition) is 3. The fourth-order valence-electron chi connectivity index (χ4n) is 2.17. The Kier molecular flexibility index (Phi) is 5.15. The highest BCUT2D eigenvalue weighted by Gasteiger charge is 2.37. The molecule has 1 aromatic rings. The van der Waals surface area contributed by atoms with E-state index in [1.54, 1.807) is 11.3 Å². The highest BCUT2D eigenvalue weighted by Crippen LogP contribution is 2.32. The Morgan fingerprint density at radius 3 is 2.71 bits per heavy atom. The fraction of sp³-hybridized carbons (Fsp3) is 0.615. The summed E-state index contributed by atoms with van der Waals surface area (Å²) in [7, 11) is 0. The number of carbonyl (C=O) groups is 1. The van der Waals surface area contributed by atoms with Gasteiger partial charge in [0.15, 0.2) is 0 Å². The van der Waals surface area contributed by atoms with E-state index in [1.807, 2.05) is 31.4 Å². The first kappa shape index (κ1) is 14.2. The van der Waals surface area contributed by atoms with Gasteiger partial charge in [-0.15, -0.1) is 11.3 Å². The van der Waals surface area contributed by atoms with E-state index >= 15 is 0 Å². The van der Waals surface area contributed by atoms with Crippen molar-refractivity contribution in [1.82, 2.24) is 0 Å². The highest BCUT2D eigenvalue weighted by molar-refractivity contribution is 7.09. The minimum Gasteiger partial charge on any atom is -0.481 e. The summed E-state index contributed by atoms with van der Waals surface area (Å²) in [5.41, 5.74) is 4.95. The average Bonchev–Trinajstić information content (AvgIpc) is 2.76. The molecule has 96 valence electrons. The zero-order chi connectivity index (χ0) is 12.9. The van der Waals surface area contributed by atoms with E-state index < -0.39 is 11.4 Å². The van der Waals surface area contributed by atoms with Gasteiger partial charge in [0.1, 0.15) is 0 Å². The van der Waals surface area contributed by atoms with Gasteiger partial charge in [0, 0.05) is 11.4 Å². The Labute approximate surface area is 107 Å². The largest absolute Gasteiger partial charge is 0.481 e. The Hall–Kier alpha value is -0.870. The molecule has 1 aromatic heterocycles. The van der Waals surface area contributed by atoms with Crippen LogP contribution in [0.4, 0.5) is 0 Å². The molecule has 1 rings (SSSR count). The lowest BCUT2D eigenvalue weighted by molar-refractivity contribution is -0.149. The van der Waals surface area contributed by atoms with Crippen LogP contribution in [-0.2, 0) is 11.2 Å². The van der Waals surface area contributed by atoms with Gasteiger partial charge in [-0.05, 0) is 36.6 Å². The summed E-state index contributed by atoms with van der Waals surface area (Å²) in [5, 5.41) is 11.4. The van der Waals surface area contributed by atoms with Crippen molar-refractivity contribution in [2.45, 2.75) is 33.1 Å². The van der Waals surface area contributed by atoms with E-state index in [9.17, 15) is 9.90 Å². The van der Waals surface area contributed by atoms with Crippen molar-refractivity contribution in [2.75, 3.05) is 6.54 Å². The second kappa shape index (κ2) is 6.17. The van der Waals surface area contributed by atoms with E-state index in [2.05, 4.69) is 0 Å². The Morgan fingerprint density at radius 2 is 2.29 bits per heavy atom. The third-order valence-electron chi connectivity index (χ3n) is 3.07. The van der Waals surface area contributed by atoms with Gasteiger partial charge in [-0.25, -0.2) is 0 Å². The van der Waals surface area contributed by atoms with E-state index in [4.69, 9.17) is 5.73 Å². The van der Waals surface area contributed by atoms with Crippen LogP contribution in [0.25, 0.3) is 0 Å². The summed E-state index contributed by atoms with van der Waals surface area (Å²) in [6.45, 7) is 4.29. The van der Waals surface area contributed by atoms with Crippen molar-refractivity contribution in [2.24, 2.45) is 17.1 Å². The number of rotatable bonds is 7. The van der Waals surface area contributed by atoms with Crippen molar-refractivity contribution in [3.63, 3.8) is 0 Å². The zero-order valence-corrected chi connectivity index (χ0v) is 11.3. The van der Waals surface area contributed by atoms with Crippen LogP contribution in [0, 0.1) is 11.3 Å².